The van der Waals surface area contributed by atoms with Crippen molar-refractivity contribution >= 4 is 17.2 Å². The third-order valence-electron chi connectivity index (χ3n) is 3.84. The zero-order chi connectivity index (χ0) is 14.3. The van der Waals surface area contributed by atoms with Gasteiger partial charge < -0.3 is 9.47 Å². The molecule has 2 aromatic rings. The maximum Gasteiger partial charge on any atom is 0.264 e. The van der Waals surface area contributed by atoms with Crippen LogP contribution in [-0.2, 0) is 19.5 Å². The van der Waals surface area contributed by atoms with Crippen LogP contribution in [-0.4, -0.2) is 32.1 Å². The number of rotatable bonds is 2. The quantitative estimate of drug-likeness (QED) is 0.852. The van der Waals surface area contributed by atoms with E-state index < -0.39 is 0 Å². The van der Waals surface area contributed by atoms with Gasteiger partial charge in [0.2, 0.25) is 0 Å². The van der Waals surface area contributed by atoms with Crippen LogP contribution < -0.4 is 0 Å². The molecule has 0 saturated heterocycles. The van der Waals surface area contributed by atoms with Gasteiger partial charge in [-0.25, -0.2) is 0 Å². The van der Waals surface area contributed by atoms with Crippen molar-refractivity contribution in [1.29, 1.82) is 0 Å². The number of fused-ring (bicyclic) bond motifs is 1. The molecule has 3 rings (SSSR count). The summed E-state index contributed by atoms with van der Waals surface area (Å²) in [5, 5.41) is 8.22. The van der Waals surface area contributed by atoms with Gasteiger partial charge in [0.1, 0.15) is 5.82 Å². The van der Waals surface area contributed by atoms with Crippen LogP contribution >= 0.6 is 11.3 Å². The van der Waals surface area contributed by atoms with Crippen molar-refractivity contribution in [3.8, 4) is 0 Å². The molecule has 0 atom stereocenters. The van der Waals surface area contributed by atoms with Crippen LogP contribution in [0.5, 0.6) is 0 Å². The SMILES string of the molecule is CCc1cc(C(=O)N2CCn3c(C)nnc3C2)sc1C. The number of thiophene rings is 1. The van der Waals surface area contributed by atoms with E-state index in [-0.39, 0.29) is 5.91 Å². The summed E-state index contributed by atoms with van der Waals surface area (Å²) in [4.78, 5) is 16.5. The van der Waals surface area contributed by atoms with Crippen LogP contribution in [0.15, 0.2) is 6.07 Å². The monoisotopic (exact) mass is 290 g/mol. The minimum atomic E-state index is 0.115. The Morgan fingerprint density at radius 2 is 2.15 bits per heavy atom. The van der Waals surface area contributed by atoms with E-state index in [1.54, 1.807) is 11.3 Å². The Hall–Kier alpha value is -1.69. The molecule has 5 nitrogen and oxygen atoms in total. The van der Waals surface area contributed by atoms with Crippen LogP contribution in [0.25, 0.3) is 0 Å². The Kier molecular flexibility index (Phi) is 3.33. The first kappa shape index (κ1) is 13.3. The summed E-state index contributed by atoms with van der Waals surface area (Å²) in [5.74, 6) is 1.92. The average Bonchev–Trinajstić information content (AvgIpc) is 3.01. The van der Waals surface area contributed by atoms with Crippen LogP contribution in [0.1, 0.15) is 38.7 Å². The van der Waals surface area contributed by atoms with E-state index in [2.05, 4.69) is 28.6 Å². The lowest BCUT2D eigenvalue weighted by Crippen LogP contribution is -2.38. The number of hydrogen-bond donors (Lipinski definition) is 0. The van der Waals surface area contributed by atoms with Crippen molar-refractivity contribution in [2.75, 3.05) is 6.54 Å². The van der Waals surface area contributed by atoms with E-state index in [1.807, 2.05) is 17.9 Å². The highest BCUT2D eigenvalue weighted by molar-refractivity contribution is 7.14. The van der Waals surface area contributed by atoms with Crippen LogP contribution in [0.3, 0.4) is 0 Å². The molecule has 0 saturated carbocycles. The number of aromatic nitrogens is 3. The number of carbonyl (C=O) groups is 1. The summed E-state index contributed by atoms with van der Waals surface area (Å²) in [6.45, 7) is 8.21. The fourth-order valence-electron chi connectivity index (χ4n) is 2.61. The van der Waals surface area contributed by atoms with Gasteiger partial charge in [-0.1, -0.05) is 6.92 Å². The van der Waals surface area contributed by atoms with Crippen LogP contribution in [0, 0.1) is 13.8 Å². The molecule has 0 radical (unpaired) electrons. The molecule has 1 aliphatic heterocycles. The van der Waals surface area contributed by atoms with E-state index in [4.69, 9.17) is 0 Å². The third kappa shape index (κ3) is 2.14. The van der Waals surface area contributed by atoms with Crippen molar-refractivity contribution in [3.05, 3.63) is 33.0 Å². The Labute approximate surface area is 122 Å². The minimum Gasteiger partial charge on any atom is -0.329 e. The van der Waals surface area contributed by atoms with Crippen molar-refractivity contribution in [3.63, 3.8) is 0 Å². The van der Waals surface area contributed by atoms with Gasteiger partial charge in [0.15, 0.2) is 5.82 Å². The second-order valence-electron chi connectivity index (χ2n) is 5.09. The molecule has 0 unspecified atom stereocenters. The second kappa shape index (κ2) is 5.01. The molecule has 20 heavy (non-hydrogen) atoms. The topological polar surface area (TPSA) is 51.0 Å². The van der Waals surface area contributed by atoms with Crippen molar-refractivity contribution in [2.45, 2.75) is 40.3 Å². The van der Waals surface area contributed by atoms with Gasteiger partial charge >= 0.3 is 0 Å². The zero-order valence-corrected chi connectivity index (χ0v) is 12.8. The van der Waals surface area contributed by atoms with Gasteiger partial charge in [-0.2, -0.15) is 0 Å². The molecule has 3 heterocycles. The Balaban J connectivity index is 1.81. The number of aryl methyl sites for hydroxylation is 3. The molecule has 0 fully saturated rings. The van der Waals surface area contributed by atoms with E-state index >= 15 is 0 Å². The molecule has 0 aromatic carbocycles. The maximum absolute atomic E-state index is 12.6. The molecule has 1 aliphatic rings. The summed E-state index contributed by atoms with van der Waals surface area (Å²) in [6.07, 6.45) is 0.975. The molecule has 6 heteroatoms. The van der Waals surface area contributed by atoms with Gasteiger partial charge in [-0.3, -0.25) is 4.79 Å². The summed E-state index contributed by atoms with van der Waals surface area (Å²) < 4.78 is 2.08. The molecule has 1 amide bonds. The number of carbonyl (C=O) groups excluding carboxylic acids is 1. The summed E-state index contributed by atoms with van der Waals surface area (Å²) in [7, 11) is 0. The molecule has 106 valence electrons. The van der Waals surface area contributed by atoms with E-state index in [0.29, 0.717) is 6.54 Å². The maximum atomic E-state index is 12.6. The van der Waals surface area contributed by atoms with Crippen LogP contribution in [0.4, 0.5) is 0 Å². The Morgan fingerprint density at radius 1 is 1.35 bits per heavy atom. The zero-order valence-electron chi connectivity index (χ0n) is 12.0. The lowest BCUT2D eigenvalue weighted by atomic mass is 10.2. The predicted octanol–water partition coefficient (Wildman–Crippen LogP) is 2.17. The van der Waals surface area contributed by atoms with Crippen molar-refractivity contribution in [1.82, 2.24) is 19.7 Å². The lowest BCUT2D eigenvalue weighted by molar-refractivity contribution is 0.0711. The minimum absolute atomic E-state index is 0.115. The standard InChI is InChI=1S/C14H18N4OS/c1-4-11-7-12(20-9(11)2)14(19)17-5-6-18-10(3)15-16-13(18)8-17/h7H,4-6,8H2,1-3H3. The highest BCUT2D eigenvalue weighted by Crippen LogP contribution is 2.24. The third-order valence-corrected chi connectivity index (χ3v) is 4.92. The van der Waals surface area contributed by atoms with Gasteiger partial charge in [-0.15, -0.1) is 21.5 Å². The predicted molar refractivity (Wildman–Crippen MR) is 77.9 cm³/mol. The summed E-state index contributed by atoms with van der Waals surface area (Å²) in [6, 6.07) is 2.03. The highest BCUT2D eigenvalue weighted by atomic mass is 32.1. The van der Waals surface area contributed by atoms with Gasteiger partial charge in [0, 0.05) is 18.0 Å². The number of hydrogen-bond acceptors (Lipinski definition) is 4. The first-order chi connectivity index (χ1) is 9.60. The van der Waals surface area contributed by atoms with Gasteiger partial charge in [-0.05, 0) is 31.9 Å². The first-order valence-electron chi connectivity index (χ1n) is 6.87. The largest absolute Gasteiger partial charge is 0.329 e. The Bertz CT molecular complexity index is 658. The van der Waals surface area contributed by atoms with Gasteiger partial charge in [0.25, 0.3) is 5.91 Å². The average molecular weight is 290 g/mol. The molecule has 0 aliphatic carbocycles. The highest BCUT2D eigenvalue weighted by Gasteiger charge is 2.25. The lowest BCUT2D eigenvalue weighted by Gasteiger charge is -2.27. The first-order valence-corrected chi connectivity index (χ1v) is 7.69. The van der Waals surface area contributed by atoms with E-state index in [9.17, 15) is 4.79 Å². The van der Waals surface area contributed by atoms with E-state index in [0.717, 1.165) is 36.0 Å². The van der Waals surface area contributed by atoms with E-state index in [1.165, 1.54) is 10.4 Å². The summed E-state index contributed by atoms with van der Waals surface area (Å²) in [5.41, 5.74) is 1.27. The van der Waals surface area contributed by atoms with Crippen LogP contribution in [0.2, 0.25) is 0 Å². The molecule has 0 bridgehead atoms. The smallest absolute Gasteiger partial charge is 0.264 e. The second-order valence-corrected chi connectivity index (χ2v) is 6.34. The molecule has 2 aromatic heterocycles. The van der Waals surface area contributed by atoms with Crippen molar-refractivity contribution in [2.24, 2.45) is 0 Å². The number of amides is 1. The fraction of sp³-hybridized carbons (Fsp3) is 0.500. The van der Waals surface area contributed by atoms with Gasteiger partial charge in [0.05, 0.1) is 11.4 Å². The molecule has 0 N–H and O–H groups in total. The fourth-order valence-corrected chi connectivity index (χ4v) is 3.69. The molecular formula is C14H18N4OS. The summed E-state index contributed by atoms with van der Waals surface area (Å²) >= 11 is 1.59. The molecule has 0 spiro atoms. The molecular weight excluding hydrogens is 272 g/mol. The number of nitrogens with zero attached hydrogens (tertiary/aromatic N) is 4. The normalized spacial score (nSPS) is 14.4. The Morgan fingerprint density at radius 3 is 2.85 bits per heavy atom. The van der Waals surface area contributed by atoms with Crippen molar-refractivity contribution < 1.29 is 4.79 Å².